The van der Waals surface area contributed by atoms with Gasteiger partial charge in [-0.05, 0) is 37.1 Å². The molecule has 1 rings (SSSR count). The first kappa shape index (κ1) is 15.0. The first-order valence-corrected chi connectivity index (χ1v) is 6.58. The van der Waals surface area contributed by atoms with Crippen molar-refractivity contribution in [2.24, 2.45) is 0 Å². The van der Waals surface area contributed by atoms with Gasteiger partial charge in [0, 0.05) is 17.4 Å². The monoisotopic (exact) mass is 323 g/mol. The standard InChI is InChI=1S/C12H13BrF3NO/c13-7-1-2-8-17-11(18)9-3-5-10(6-4-9)12(14,15)16/h3-6H,1-2,7-8H2,(H,17,18). The topological polar surface area (TPSA) is 29.1 Å². The number of hydrogen-bond acceptors (Lipinski definition) is 1. The van der Waals surface area contributed by atoms with Crippen LogP contribution in [0.25, 0.3) is 0 Å². The average Bonchev–Trinajstić information content (AvgIpc) is 2.33. The molecule has 1 amide bonds. The van der Waals surface area contributed by atoms with Crippen LogP contribution < -0.4 is 5.32 Å². The Morgan fingerprint density at radius 3 is 2.28 bits per heavy atom. The summed E-state index contributed by atoms with van der Waals surface area (Å²) >= 11 is 3.27. The van der Waals surface area contributed by atoms with E-state index in [2.05, 4.69) is 21.2 Å². The fraction of sp³-hybridized carbons (Fsp3) is 0.417. The van der Waals surface area contributed by atoms with Gasteiger partial charge in [0.05, 0.1) is 5.56 Å². The lowest BCUT2D eigenvalue weighted by atomic mass is 10.1. The van der Waals surface area contributed by atoms with Crippen molar-refractivity contribution in [3.05, 3.63) is 35.4 Å². The number of rotatable bonds is 5. The normalized spacial score (nSPS) is 11.3. The van der Waals surface area contributed by atoms with E-state index in [1.54, 1.807) is 0 Å². The minimum atomic E-state index is -4.37. The molecule has 0 radical (unpaired) electrons. The number of halogens is 4. The number of hydrogen-bond donors (Lipinski definition) is 1. The average molecular weight is 324 g/mol. The van der Waals surface area contributed by atoms with E-state index >= 15 is 0 Å². The summed E-state index contributed by atoms with van der Waals surface area (Å²) in [5.74, 6) is -0.349. The van der Waals surface area contributed by atoms with E-state index in [0.717, 1.165) is 30.3 Å². The third-order valence-electron chi connectivity index (χ3n) is 2.32. The zero-order valence-corrected chi connectivity index (χ0v) is 11.1. The highest BCUT2D eigenvalue weighted by Gasteiger charge is 2.30. The Morgan fingerprint density at radius 2 is 1.78 bits per heavy atom. The third-order valence-corrected chi connectivity index (χ3v) is 2.88. The fourth-order valence-electron chi connectivity index (χ4n) is 1.33. The van der Waals surface area contributed by atoms with E-state index in [1.165, 1.54) is 12.1 Å². The van der Waals surface area contributed by atoms with Gasteiger partial charge >= 0.3 is 6.18 Å². The molecular weight excluding hydrogens is 311 g/mol. The molecule has 0 saturated heterocycles. The van der Waals surface area contributed by atoms with Crippen molar-refractivity contribution in [3.8, 4) is 0 Å². The quantitative estimate of drug-likeness (QED) is 0.651. The largest absolute Gasteiger partial charge is 0.416 e. The van der Waals surface area contributed by atoms with Crippen LogP contribution in [0.1, 0.15) is 28.8 Å². The van der Waals surface area contributed by atoms with Gasteiger partial charge in [0.15, 0.2) is 0 Å². The van der Waals surface area contributed by atoms with Gasteiger partial charge in [-0.25, -0.2) is 0 Å². The first-order valence-electron chi connectivity index (χ1n) is 5.46. The molecule has 0 bridgehead atoms. The molecule has 0 aliphatic rings. The molecule has 0 heterocycles. The summed E-state index contributed by atoms with van der Waals surface area (Å²) < 4.78 is 36.9. The van der Waals surface area contributed by atoms with Gasteiger partial charge < -0.3 is 5.32 Å². The van der Waals surface area contributed by atoms with E-state index in [4.69, 9.17) is 0 Å². The van der Waals surface area contributed by atoms with Crippen molar-refractivity contribution >= 4 is 21.8 Å². The number of nitrogens with one attached hydrogen (secondary N) is 1. The SMILES string of the molecule is O=C(NCCCCBr)c1ccc(C(F)(F)F)cc1. The molecule has 0 aliphatic carbocycles. The Morgan fingerprint density at radius 1 is 1.17 bits per heavy atom. The molecule has 6 heteroatoms. The first-order chi connectivity index (χ1) is 8.45. The van der Waals surface area contributed by atoms with Gasteiger partial charge in [-0.1, -0.05) is 15.9 Å². The number of alkyl halides is 4. The van der Waals surface area contributed by atoms with Crippen LogP contribution in [0, 0.1) is 0 Å². The minimum absolute atomic E-state index is 0.238. The van der Waals surface area contributed by atoms with Crippen LogP contribution in [0.4, 0.5) is 13.2 Å². The van der Waals surface area contributed by atoms with Gasteiger partial charge in [0.1, 0.15) is 0 Å². The highest BCUT2D eigenvalue weighted by Crippen LogP contribution is 2.28. The van der Waals surface area contributed by atoms with Crippen LogP contribution in [0.5, 0.6) is 0 Å². The second kappa shape index (κ2) is 6.78. The number of unbranched alkanes of at least 4 members (excludes halogenated alkanes) is 1. The predicted molar refractivity (Wildman–Crippen MR) is 66.8 cm³/mol. The molecule has 18 heavy (non-hydrogen) atoms. The van der Waals surface area contributed by atoms with Gasteiger partial charge in [-0.2, -0.15) is 13.2 Å². The van der Waals surface area contributed by atoms with E-state index in [-0.39, 0.29) is 11.5 Å². The van der Waals surface area contributed by atoms with Crippen molar-refractivity contribution in [2.75, 3.05) is 11.9 Å². The van der Waals surface area contributed by atoms with Crippen molar-refractivity contribution in [2.45, 2.75) is 19.0 Å². The highest BCUT2D eigenvalue weighted by molar-refractivity contribution is 9.09. The van der Waals surface area contributed by atoms with Crippen molar-refractivity contribution in [1.29, 1.82) is 0 Å². The van der Waals surface area contributed by atoms with Crippen LogP contribution in [0.2, 0.25) is 0 Å². The summed E-state index contributed by atoms with van der Waals surface area (Å²) in [6, 6.07) is 4.19. The molecule has 0 unspecified atom stereocenters. The Bertz CT molecular complexity index is 389. The maximum Gasteiger partial charge on any atom is 0.416 e. The van der Waals surface area contributed by atoms with Crippen LogP contribution >= 0.6 is 15.9 Å². The Kier molecular flexibility index (Phi) is 5.65. The molecule has 2 nitrogen and oxygen atoms in total. The molecule has 1 aromatic rings. The van der Waals surface area contributed by atoms with Gasteiger partial charge in [-0.15, -0.1) is 0 Å². The Labute approximate surface area is 112 Å². The van der Waals surface area contributed by atoms with Crippen molar-refractivity contribution in [3.63, 3.8) is 0 Å². The molecule has 0 fully saturated rings. The Hall–Kier alpha value is -1.04. The molecule has 0 aliphatic heterocycles. The van der Waals surface area contributed by atoms with Crippen LogP contribution in [0.15, 0.2) is 24.3 Å². The molecular formula is C12H13BrF3NO. The molecule has 1 aromatic carbocycles. The second-order valence-electron chi connectivity index (χ2n) is 3.73. The highest BCUT2D eigenvalue weighted by atomic mass is 79.9. The lowest BCUT2D eigenvalue weighted by Crippen LogP contribution is -2.24. The predicted octanol–water partition coefficient (Wildman–Crippen LogP) is 3.61. The van der Waals surface area contributed by atoms with Crippen molar-refractivity contribution < 1.29 is 18.0 Å². The van der Waals surface area contributed by atoms with Crippen LogP contribution in [-0.4, -0.2) is 17.8 Å². The summed E-state index contributed by atoms with van der Waals surface area (Å²) in [5, 5.41) is 3.52. The zero-order chi connectivity index (χ0) is 13.6. The molecule has 0 aromatic heterocycles. The lowest BCUT2D eigenvalue weighted by Gasteiger charge is -2.08. The van der Waals surface area contributed by atoms with Crippen LogP contribution in [-0.2, 0) is 6.18 Å². The maximum absolute atomic E-state index is 12.3. The molecule has 1 N–H and O–H groups in total. The molecule has 0 atom stereocenters. The van der Waals surface area contributed by atoms with Crippen LogP contribution in [0.3, 0.4) is 0 Å². The minimum Gasteiger partial charge on any atom is -0.352 e. The number of carbonyl (C=O) groups excluding carboxylic acids is 1. The van der Waals surface area contributed by atoms with E-state index < -0.39 is 11.7 Å². The molecule has 0 saturated carbocycles. The Balaban J connectivity index is 2.54. The maximum atomic E-state index is 12.3. The van der Waals surface area contributed by atoms with Gasteiger partial charge in [-0.3, -0.25) is 4.79 Å². The number of benzene rings is 1. The summed E-state index contributed by atoms with van der Waals surface area (Å²) in [7, 11) is 0. The van der Waals surface area contributed by atoms with E-state index in [1.807, 2.05) is 0 Å². The van der Waals surface area contributed by atoms with Gasteiger partial charge in [0.2, 0.25) is 0 Å². The summed E-state index contributed by atoms with van der Waals surface area (Å²) in [6.45, 7) is 0.519. The summed E-state index contributed by atoms with van der Waals surface area (Å²) in [4.78, 5) is 11.6. The zero-order valence-electron chi connectivity index (χ0n) is 9.56. The summed E-state index contributed by atoms with van der Waals surface area (Å²) in [6.07, 6.45) is -2.60. The lowest BCUT2D eigenvalue weighted by molar-refractivity contribution is -0.137. The number of amides is 1. The third kappa shape index (κ3) is 4.68. The second-order valence-corrected chi connectivity index (χ2v) is 4.52. The fourth-order valence-corrected chi connectivity index (χ4v) is 1.73. The molecule has 100 valence electrons. The van der Waals surface area contributed by atoms with Gasteiger partial charge in [0.25, 0.3) is 5.91 Å². The van der Waals surface area contributed by atoms with E-state index in [0.29, 0.717) is 6.54 Å². The van der Waals surface area contributed by atoms with E-state index in [9.17, 15) is 18.0 Å². The smallest absolute Gasteiger partial charge is 0.352 e. The summed E-state index contributed by atoms with van der Waals surface area (Å²) in [5.41, 5.74) is -0.514. The number of carbonyl (C=O) groups is 1. The van der Waals surface area contributed by atoms with Crippen molar-refractivity contribution in [1.82, 2.24) is 5.32 Å². The molecule has 0 spiro atoms.